The Labute approximate surface area is 112 Å². The summed E-state index contributed by atoms with van der Waals surface area (Å²) in [5.74, 6) is -1.17. The molecule has 1 atom stereocenters. The van der Waals surface area contributed by atoms with Gasteiger partial charge in [0.2, 0.25) is 0 Å². The topological polar surface area (TPSA) is 57.6 Å². The number of aliphatic hydroxyl groups excluding tert-OH is 1. The molecule has 0 fully saturated rings. The van der Waals surface area contributed by atoms with Gasteiger partial charge in [0.1, 0.15) is 0 Å². The zero-order chi connectivity index (χ0) is 14.2. The van der Waals surface area contributed by atoms with E-state index in [9.17, 15) is 14.7 Å². The SMILES string of the molecule is CC(=O)C1=C(O)C(=O)N(C(C)C)C1c1ccccc1. The van der Waals surface area contributed by atoms with Crippen LogP contribution in [0.5, 0.6) is 0 Å². The van der Waals surface area contributed by atoms with E-state index < -0.39 is 17.7 Å². The van der Waals surface area contributed by atoms with Gasteiger partial charge in [-0.05, 0) is 26.3 Å². The van der Waals surface area contributed by atoms with Gasteiger partial charge < -0.3 is 10.0 Å². The molecule has 0 radical (unpaired) electrons. The third-order valence-electron chi connectivity index (χ3n) is 3.29. The number of hydrogen-bond donors (Lipinski definition) is 1. The number of amides is 1. The lowest BCUT2D eigenvalue weighted by molar-refractivity contribution is -0.131. The Hall–Kier alpha value is -2.10. The third-order valence-corrected chi connectivity index (χ3v) is 3.29. The maximum absolute atomic E-state index is 12.1. The fraction of sp³-hybridized carbons (Fsp3) is 0.333. The average Bonchev–Trinajstić information content (AvgIpc) is 2.63. The first-order valence-electron chi connectivity index (χ1n) is 6.26. The Balaban J connectivity index is 2.58. The van der Waals surface area contributed by atoms with Gasteiger partial charge >= 0.3 is 0 Å². The first kappa shape index (κ1) is 13.3. The third kappa shape index (κ3) is 2.14. The maximum Gasteiger partial charge on any atom is 0.290 e. The van der Waals surface area contributed by atoms with E-state index in [1.54, 1.807) is 4.90 Å². The van der Waals surface area contributed by atoms with Crippen LogP contribution >= 0.6 is 0 Å². The Morgan fingerprint density at radius 1 is 1.26 bits per heavy atom. The zero-order valence-corrected chi connectivity index (χ0v) is 11.3. The highest BCUT2D eigenvalue weighted by Gasteiger charge is 2.43. The largest absolute Gasteiger partial charge is 0.503 e. The lowest BCUT2D eigenvalue weighted by Gasteiger charge is -2.30. The van der Waals surface area contributed by atoms with Gasteiger partial charge in [0, 0.05) is 6.04 Å². The van der Waals surface area contributed by atoms with Crippen LogP contribution in [-0.2, 0) is 9.59 Å². The van der Waals surface area contributed by atoms with Gasteiger partial charge in [0.15, 0.2) is 11.5 Å². The molecule has 1 aromatic rings. The summed E-state index contributed by atoms with van der Waals surface area (Å²) >= 11 is 0. The number of benzene rings is 1. The zero-order valence-electron chi connectivity index (χ0n) is 11.3. The smallest absolute Gasteiger partial charge is 0.290 e. The highest BCUT2D eigenvalue weighted by molar-refractivity contribution is 6.08. The van der Waals surface area contributed by atoms with E-state index in [1.165, 1.54) is 6.92 Å². The lowest BCUT2D eigenvalue weighted by atomic mass is 9.96. The molecule has 1 aliphatic heterocycles. The number of carbonyl (C=O) groups is 2. The summed E-state index contributed by atoms with van der Waals surface area (Å²) in [5, 5.41) is 9.95. The minimum atomic E-state index is -0.494. The van der Waals surface area contributed by atoms with Crippen molar-refractivity contribution in [2.24, 2.45) is 0 Å². The molecule has 2 rings (SSSR count). The molecular weight excluding hydrogens is 242 g/mol. The minimum Gasteiger partial charge on any atom is -0.503 e. The van der Waals surface area contributed by atoms with Crippen LogP contribution in [0.2, 0.25) is 0 Å². The van der Waals surface area contributed by atoms with Gasteiger partial charge in [0.05, 0.1) is 11.6 Å². The second-order valence-electron chi connectivity index (χ2n) is 4.94. The van der Waals surface area contributed by atoms with Gasteiger partial charge in [-0.15, -0.1) is 0 Å². The van der Waals surface area contributed by atoms with Gasteiger partial charge in [-0.1, -0.05) is 30.3 Å². The average molecular weight is 259 g/mol. The fourth-order valence-corrected chi connectivity index (χ4v) is 2.48. The van der Waals surface area contributed by atoms with E-state index in [0.717, 1.165) is 5.56 Å². The lowest BCUT2D eigenvalue weighted by Crippen LogP contribution is -2.36. The number of hydrogen-bond acceptors (Lipinski definition) is 3. The molecular formula is C15H17NO3. The second-order valence-corrected chi connectivity index (χ2v) is 4.94. The van der Waals surface area contributed by atoms with Crippen molar-refractivity contribution >= 4 is 11.7 Å². The maximum atomic E-state index is 12.1. The summed E-state index contributed by atoms with van der Waals surface area (Å²) < 4.78 is 0. The molecule has 100 valence electrons. The predicted octanol–water partition coefficient (Wildman–Crippen LogP) is 2.38. The van der Waals surface area contributed by atoms with E-state index >= 15 is 0 Å². The number of rotatable bonds is 3. The number of aliphatic hydroxyl groups is 1. The molecule has 1 aliphatic rings. The Morgan fingerprint density at radius 2 is 1.84 bits per heavy atom. The van der Waals surface area contributed by atoms with Crippen LogP contribution in [0.1, 0.15) is 32.4 Å². The van der Waals surface area contributed by atoms with Crippen molar-refractivity contribution in [1.82, 2.24) is 4.90 Å². The Kier molecular flexibility index (Phi) is 3.42. The Morgan fingerprint density at radius 3 is 2.32 bits per heavy atom. The van der Waals surface area contributed by atoms with Crippen LogP contribution in [0.15, 0.2) is 41.7 Å². The number of Topliss-reactive ketones (excluding diaryl/α,β-unsaturated/α-hetero) is 1. The van der Waals surface area contributed by atoms with Gasteiger partial charge in [-0.3, -0.25) is 9.59 Å². The summed E-state index contributed by atoms with van der Waals surface area (Å²) in [6.45, 7) is 5.10. The molecule has 4 nitrogen and oxygen atoms in total. The molecule has 0 bridgehead atoms. The molecule has 1 unspecified atom stereocenters. The number of carbonyl (C=O) groups excluding carboxylic acids is 2. The number of nitrogens with zero attached hydrogens (tertiary/aromatic N) is 1. The minimum absolute atomic E-state index is 0.100. The second kappa shape index (κ2) is 4.88. The predicted molar refractivity (Wildman–Crippen MR) is 71.5 cm³/mol. The van der Waals surface area contributed by atoms with Gasteiger partial charge in [-0.2, -0.15) is 0 Å². The molecule has 0 saturated heterocycles. The molecule has 19 heavy (non-hydrogen) atoms. The van der Waals surface area contributed by atoms with Crippen LogP contribution in [0.25, 0.3) is 0 Å². The van der Waals surface area contributed by atoms with Crippen molar-refractivity contribution < 1.29 is 14.7 Å². The van der Waals surface area contributed by atoms with Crippen molar-refractivity contribution in [1.29, 1.82) is 0 Å². The van der Waals surface area contributed by atoms with E-state index in [0.29, 0.717) is 0 Å². The van der Waals surface area contributed by atoms with Crippen LogP contribution in [0.4, 0.5) is 0 Å². The molecule has 1 N–H and O–H groups in total. The number of ketones is 1. The standard InChI is InChI=1S/C15H17NO3/c1-9(2)16-13(11-7-5-4-6-8-11)12(10(3)17)14(18)15(16)19/h4-9,13,18H,1-3H3. The molecule has 0 aromatic heterocycles. The van der Waals surface area contributed by atoms with E-state index in [2.05, 4.69) is 0 Å². The first-order chi connectivity index (χ1) is 8.95. The van der Waals surface area contributed by atoms with Gasteiger partial charge in [0.25, 0.3) is 5.91 Å². The molecule has 0 aliphatic carbocycles. The molecule has 0 saturated carbocycles. The summed E-state index contributed by atoms with van der Waals surface area (Å²) in [4.78, 5) is 25.4. The molecule has 4 heteroatoms. The summed E-state index contributed by atoms with van der Waals surface area (Å²) in [5.41, 5.74) is 1.02. The van der Waals surface area contributed by atoms with E-state index in [-0.39, 0.29) is 17.4 Å². The van der Waals surface area contributed by atoms with Crippen molar-refractivity contribution in [3.8, 4) is 0 Å². The van der Waals surface area contributed by atoms with Crippen molar-refractivity contribution in [3.63, 3.8) is 0 Å². The molecule has 1 amide bonds. The summed E-state index contributed by atoms with van der Waals surface area (Å²) in [7, 11) is 0. The highest BCUT2D eigenvalue weighted by atomic mass is 16.3. The van der Waals surface area contributed by atoms with Crippen molar-refractivity contribution in [2.75, 3.05) is 0 Å². The quantitative estimate of drug-likeness (QED) is 0.906. The van der Waals surface area contributed by atoms with Crippen LogP contribution < -0.4 is 0 Å². The fourth-order valence-electron chi connectivity index (χ4n) is 2.48. The van der Waals surface area contributed by atoms with Crippen molar-refractivity contribution in [2.45, 2.75) is 32.9 Å². The van der Waals surface area contributed by atoms with Gasteiger partial charge in [-0.25, -0.2) is 0 Å². The molecule has 1 aromatic carbocycles. The van der Waals surface area contributed by atoms with E-state index in [1.807, 2.05) is 44.2 Å². The van der Waals surface area contributed by atoms with E-state index in [4.69, 9.17) is 0 Å². The molecule has 0 spiro atoms. The van der Waals surface area contributed by atoms with Crippen LogP contribution in [0, 0.1) is 0 Å². The monoisotopic (exact) mass is 259 g/mol. The molecule has 1 heterocycles. The van der Waals surface area contributed by atoms with Crippen molar-refractivity contribution in [3.05, 3.63) is 47.2 Å². The normalized spacial score (nSPS) is 19.5. The van der Waals surface area contributed by atoms with Crippen LogP contribution in [-0.4, -0.2) is 27.7 Å². The summed E-state index contributed by atoms with van der Waals surface area (Å²) in [6.07, 6.45) is 0. The summed E-state index contributed by atoms with van der Waals surface area (Å²) in [6, 6.07) is 8.69. The Bertz CT molecular complexity index is 546. The van der Waals surface area contributed by atoms with Crippen LogP contribution in [0.3, 0.4) is 0 Å². The highest BCUT2D eigenvalue weighted by Crippen LogP contribution is 2.38. The first-order valence-corrected chi connectivity index (χ1v) is 6.26.